The van der Waals surface area contributed by atoms with E-state index in [1.165, 1.54) is 24.6 Å². The minimum atomic E-state index is 0.0619. The van der Waals surface area contributed by atoms with Crippen LogP contribution in [0.2, 0.25) is 0 Å². The maximum Gasteiger partial charge on any atom is 0.241 e. The molecule has 2 atom stereocenters. The van der Waals surface area contributed by atoms with Crippen LogP contribution in [0.3, 0.4) is 0 Å². The first-order valence-electron chi connectivity index (χ1n) is 7.62. The predicted octanol–water partition coefficient (Wildman–Crippen LogP) is 1.37. The molecule has 4 nitrogen and oxygen atoms in total. The van der Waals surface area contributed by atoms with Crippen LogP contribution < -0.4 is 5.32 Å². The molecule has 110 valence electrons. The van der Waals surface area contributed by atoms with Crippen molar-refractivity contribution in [2.24, 2.45) is 0 Å². The zero-order valence-electron chi connectivity index (χ0n) is 12.2. The van der Waals surface area contributed by atoms with Gasteiger partial charge in [0.2, 0.25) is 5.91 Å². The SMILES string of the molecule is CCCC1NC(CC)N(CCN2CCSCC2)C1=O. The molecule has 1 amide bonds. The van der Waals surface area contributed by atoms with Gasteiger partial charge in [-0.1, -0.05) is 20.3 Å². The number of amides is 1. The molecule has 0 spiro atoms. The lowest BCUT2D eigenvalue weighted by Crippen LogP contribution is -2.44. The Bertz CT molecular complexity index is 294. The largest absolute Gasteiger partial charge is 0.325 e. The minimum Gasteiger partial charge on any atom is -0.325 e. The lowest BCUT2D eigenvalue weighted by atomic mass is 10.2. The van der Waals surface area contributed by atoms with E-state index < -0.39 is 0 Å². The smallest absolute Gasteiger partial charge is 0.241 e. The van der Waals surface area contributed by atoms with Crippen LogP contribution in [0.5, 0.6) is 0 Å². The van der Waals surface area contributed by atoms with Crippen molar-refractivity contribution >= 4 is 17.7 Å². The fourth-order valence-corrected chi connectivity index (χ4v) is 3.90. The van der Waals surface area contributed by atoms with E-state index in [1.807, 2.05) is 11.8 Å². The molecule has 2 rings (SSSR count). The number of hydrogen-bond donors (Lipinski definition) is 1. The maximum absolute atomic E-state index is 12.4. The summed E-state index contributed by atoms with van der Waals surface area (Å²) in [5.74, 6) is 2.80. The molecule has 0 saturated carbocycles. The van der Waals surface area contributed by atoms with E-state index in [9.17, 15) is 4.79 Å². The van der Waals surface area contributed by atoms with E-state index in [0.29, 0.717) is 5.91 Å². The second-order valence-electron chi connectivity index (χ2n) is 5.42. The summed E-state index contributed by atoms with van der Waals surface area (Å²) in [6.07, 6.45) is 3.29. The molecule has 2 aliphatic heterocycles. The molecule has 0 aromatic carbocycles. The summed E-state index contributed by atoms with van der Waals surface area (Å²) in [7, 11) is 0. The minimum absolute atomic E-state index is 0.0619. The van der Waals surface area contributed by atoms with Crippen molar-refractivity contribution in [3.05, 3.63) is 0 Å². The second-order valence-corrected chi connectivity index (χ2v) is 6.64. The van der Waals surface area contributed by atoms with Gasteiger partial charge in [-0.25, -0.2) is 0 Å². The molecular weight excluding hydrogens is 258 g/mol. The van der Waals surface area contributed by atoms with E-state index >= 15 is 0 Å². The maximum atomic E-state index is 12.4. The number of thioether (sulfide) groups is 1. The summed E-state index contributed by atoms with van der Waals surface area (Å²) < 4.78 is 0. The van der Waals surface area contributed by atoms with E-state index in [4.69, 9.17) is 0 Å². The molecule has 0 radical (unpaired) electrons. The lowest BCUT2D eigenvalue weighted by Gasteiger charge is -2.30. The number of carbonyl (C=O) groups excluding carboxylic acids is 1. The van der Waals surface area contributed by atoms with Crippen molar-refractivity contribution in [3.63, 3.8) is 0 Å². The average Bonchev–Trinajstić information content (AvgIpc) is 2.74. The molecule has 2 unspecified atom stereocenters. The summed E-state index contributed by atoms with van der Waals surface area (Å²) in [6.45, 7) is 8.57. The standard InChI is InChI=1S/C14H27N3OS/c1-3-5-12-14(18)17(13(4-2)15-12)7-6-16-8-10-19-11-9-16/h12-13,15H,3-11H2,1-2H3. The molecule has 2 fully saturated rings. The molecule has 2 aliphatic rings. The van der Waals surface area contributed by atoms with E-state index in [2.05, 4.69) is 29.0 Å². The molecule has 2 heterocycles. The molecule has 1 N–H and O–H groups in total. The van der Waals surface area contributed by atoms with Gasteiger partial charge in [0, 0.05) is 37.7 Å². The zero-order chi connectivity index (χ0) is 13.7. The van der Waals surface area contributed by atoms with Crippen LogP contribution >= 0.6 is 11.8 Å². The van der Waals surface area contributed by atoms with Gasteiger partial charge >= 0.3 is 0 Å². The van der Waals surface area contributed by atoms with Crippen LogP contribution in [0.4, 0.5) is 0 Å². The van der Waals surface area contributed by atoms with Crippen LogP contribution in [0, 0.1) is 0 Å². The van der Waals surface area contributed by atoms with Crippen molar-refractivity contribution in [1.82, 2.24) is 15.1 Å². The summed E-state index contributed by atoms with van der Waals surface area (Å²) >= 11 is 2.03. The lowest BCUT2D eigenvalue weighted by molar-refractivity contribution is -0.130. The first kappa shape index (κ1) is 15.1. The molecule has 0 aliphatic carbocycles. The third-order valence-corrected chi connectivity index (χ3v) is 5.02. The predicted molar refractivity (Wildman–Crippen MR) is 81.4 cm³/mol. The third-order valence-electron chi connectivity index (χ3n) is 4.08. The van der Waals surface area contributed by atoms with Crippen LogP contribution in [0.15, 0.2) is 0 Å². The van der Waals surface area contributed by atoms with Gasteiger partial charge in [-0.2, -0.15) is 11.8 Å². The molecule has 0 aromatic rings. The van der Waals surface area contributed by atoms with Gasteiger partial charge in [0.25, 0.3) is 0 Å². The summed E-state index contributed by atoms with van der Waals surface area (Å²) in [4.78, 5) is 16.9. The van der Waals surface area contributed by atoms with Gasteiger partial charge < -0.3 is 4.90 Å². The third kappa shape index (κ3) is 3.86. The Morgan fingerprint density at radius 3 is 2.63 bits per heavy atom. The first-order chi connectivity index (χ1) is 9.26. The Morgan fingerprint density at radius 1 is 1.26 bits per heavy atom. The van der Waals surface area contributed by atoms with Gasteiger partial charge in [-0.05, 0) is 12.8 Å². The number of nitrogens with one attached hydrogen (secondary N) is 1. The van der Waals surface area contributed by atoms with Gasteiger partial charge in [-0.3, -0.25) is 15.0 Å². The monoisotopic (exact) mass is 285 g/mol. The highest BCUT2D eigenvalue weighted by Crippen LogP contribution is 2.17. The molecule has 0 bridgehead atoms. The van der Waals surface area contributed by atoms with Crippen molar-refractivity contribution in [1.29, 1.82) is 0 Å². The fraction of sp³-hybridized carbons (Fsp3) is 0.929. The highest BCUT2D eigenvalue weighted by molar-refractivity contribution is 7.99. The second kappa shape index (κ2) is 7.50. The Balaban J connectivity index is 1.84. The number of hydrogen-bond acceptors (Lipinski definition) is 4. The fourth-order valence-electron chi connectivity index (χ4n) is 2.92. The number of nitrogens with zero attached hydrogens (tertiary/aromatic N) is 2. The van der Waals surface area contributed by atoms with Crippen molar-refractivity contribution < 1.29 is 4.79 Å². The van der Waals surface area contributed by atoms with Crippen molar-refractivity contribution in [2.45, 2.75) is 45.3 Å². The van der Waals surface area contributed by atoms with Crippen LogP contribution in [0.25, 0.3) is 0 Å². The Labute approximate surface area is 121 Å². The first-order valence-corrected chi connectivity index (χ1v) is 8.78. The quantitative estimate of drug-likeness (QED) is 0.799. The Hall–Kier alpha value is -0.260. The zero-order valence-corrected chi connectivity index (χ0v) is 13.0. The van der Waals surface area contributed by atoms with E-state index in [0.717, 1.165) is 32.4 Å². The number of carbonyl (C=O) groups is 1. The Kier molecular flexibility index (Phi) is 5.98. The highest BCUT2D eigenvalue weighted by Gasteiger charge is 2.36. The highest BCUT2D eigenvalue weighted by atomic mass is 32.2. The molecule has 19 heavy (non-hydrogen) atoms. The van der Waals surface area contributed by atoms with Gasteiger partial charge in [-0.15, -0.1) is 0 Å². The molecular formula is C14H27N3OS. The number of rotatable bonds is 6. The van der Waals surface area contributed by atoms with Gasteiger partial charge in [0.1, 0.15) is 0 Å². The Morgan fingerprint density at radius 2 is 2.00 bits per heavy atom. The molecule has 5 heteroatoms. The van der Waals surface area contributed by atoms with E-state index in [-0.39, 0.29) is 12.2 Å². The summed E-state index contributed by atoms with van der Waals surface area (Å²) in [6, 6.07) is 0.0619. The topological polar surface area (TPSA) is 35.6 Å². The van der Waals surface area contributed by atoms with E-state index in [1.54, 1.807) is 0 Å². The van der Waals surface area contributed by atoms with Gasteiger partial charge in [0.05, 0.1) is 12.2 Å². The molecule has 2 saturated heterocycles. The molecule has 0 aromatic heterocycles. The van der Waals surface area contributed by atoms with Crippen LogP contribution in [-0.2, 0) is 4.79 Å². The van der Waals surface area contributed by atoms with Crippen LogP contribution in [0.1, 0.15) is 33.1 Å². The van der Waals surface area contributed by atoms with Crippen molar-refractivity contribution in [2.75, 3.05) is 37.7 Å². The van der Waals surface area contributed by atoms with Crippen LogP contribution in [-0.4, -0.2) is 65.6 Å². The average molecular weight is 285 g/mol. The summed E-state index contributed by atoms with van der Waals surface area (Å²) in [5.41, 5.74) is 0. The van der Waals surface area contributed by atoms with Crippen molar-refractivity contribution in [3.8, 4) is 0 Å². The summed E-state index contributed by atoms with van der Waals surface area (Å²) in [5, 5.41) is 3.48. The van der Waals surface area contributed by atoms with Gasteiger partial charge in [0.15, 0.2) is 0 Å². The normalized spacial score (nSPS) is 29.2.